The minimum Gasteiger partial charge on any atom is -0.211 e. The van der Waals surface area contributed by atoms with Crippen LogP contribution in [-0.2, 0) is 16.8 Å². The Morgan fingerprint density at radius 2 is 2.06 bits per heavy atom. The van der Waals surface area contributed by atoms with Crippen molar-refractivity contribution in [3.8, 4) is 0 Å². The fourth-order valence-corrected chi connectivity index (χ4v) is 2.26. The average molecular weight is 237 g/mol. The Hall–Kier alpha value is -1.54. The summed E-state index contributed by atoms with van der Waals surface area (Å²) in [4.78, 5) is 14.2. The summed E-state index contributed by atoms with van der Waals surface area (Å²) in [7, 11) is 0. The Bertz CT molecular complexity index is 488. The lowest BCUT2D eigenvalue weighted by atomic mass is 9.72. The van der Waals surface area contributed by atoms with Gasteiger partial charge < -0.3 is 0 Å². The van der Waals surface area contributed by atoms with Crippen molar-refractivity contribution in [2.75, 3.05) is 0 Å². The molecule has 0 atom stereocenters. The zero-order valence-electron chi connectivity index (χ0n) is 9.59. The second-order valence-corrected chi connectivity index (χ2v) is 4.37. The van der Waals surface area contributed by atoms with E-state index in [1.54, 1.807) is 6.92 Å². The van der Waals surface area contributed by atoms with Gasteiger partial charge in [0.15, 0.2) is 0 Å². The van der Waals surface area contributed by atoms with E-state index in [1.807, 2.05) is 0 Å². The van der Waals surface area contributed by atoms with Gasteiger partial charge in [-0.3, -0.25) is 0 Å². The second-order valence-electron chi connectivity index (χ2n) is 4.37. The van der Waals surface area contributed by atoms with E-state index in [0.717, 1.165) is 12.5 Å². The van der Waals surface area contributed by atoms with Crippen LogP contribution in [0.5, 0.6) is 0 Å². The molecule has 1 saturated carbocycles. The van der Waals surface area contributed by atoms with Crippen LogP contribution in [0.3, 0.4) is 0 Å². The molecule has 0 amide bonds. The molecule has 0 unspecified atom stereocenters. The van der Waals surface area contributed by atoms with E-state index in [9.17, 15) is 13.6 Å². The van der Waals surface area contributed by atoms with Gasteiger partial charge in [0.1, 0.15) is 17.2 Å². The number of hydrogen-bond donors (Lipinski definition) is 0. The molecule has 1 aliphatic carbocycles. The van der Waals surface area contributed by atoms with Gasteiger partial charge >= 0.3 is 0 Å². The second kappa shape index (κ2) is 4.38. The molecule has 0 spiro atoms. The number of aliphatic imine (C=N–C) groups is 1. The van der Waals surface area contributed by atoms with Gasteiger partial charge in [-0.15, -0.1) is 0 Å². The lowest BCUT2D eigenvalue weighted by Gasteiger charge is -2.37. The van der Waals surface area contributed by atoms with E-state index in [4.69, 9.17) is 0 Å². The largest absolute Gasteiger partial charge is 0.235 e. The van der Waals surface area contributed by atoms with Crippen LogP contribution in [0.25, 0.3) is 0 Å². The Kier molecular flexibility index (Phi) is 3.07. The number of hydrogen-bond acceptors (Lipinski definition) is 2. The van der Waals surface area contributed by atoms with Crippen molar-refractivity contribution in [3.05, 3.63) is 34.9 Å². The van der Waals surface area contributed by atoms with Gasteiger partial charge in [0.25, 0.3) is 0 Å². The first-order chi connectivity index (χ1) is 8.13. The lowest BCUT2D eigenvalue weighted by Crippen LogP contribution is -2.33. The van der Waals surface area contributed by atoms with Crippen LogP contribution in [-0.4, -0.2) is 6.08 Å². The molecule has 0 bridgehead atoms. The molecule has 2 rings (SSSR count). The molecule has 0 aromatic heterocycles. The lowest BCUT2D eigenvalue weighted by molar-refractivity contribution is 0.247. The summed E-state index contributed by atoms with van der Waals surface area (Å²) in [6, 6.07) is 2.37. The summed E-state index contributed by atoms with van der Waals surface area (Å²) in [5, 5.41) is 0. The Morgan fingerprint density at radius 3 is 2.53 bits per heavy atom. The molecule has 2 nitrogen and oxygen atoms in total. The third-order valence-electron chi connectivity index (χ3n) is 3.46. The summed E-state index contributed by atoms with van der Waals surface area (Å²) in [5.41, 5.74) is -0.0252. The van der Waals surface area contributed by atoms with Crippen LogP contribution in [0, 0.1) is 11.6 Å². The number of halogens is 2. The molecule has 17 heavy (non-hydrogen) atoms. The first-order valence-electron chi connectivity index (χ1n) is 5.70. The van der Waals surface area contributed by atoms with Crippen molar-refractivity contribution < 1.29 is 13.6 Å². The van der Waals surface area contributed by atoms with Crippen molar-refractivity contribution in [3.63, 3.8) is 0 Å². The molecule has 1 aliphatic rings. The van der Waals surface area contributed by atoms with Crippen LogP contribution in [0.1, 0.15) is 37.3 Å². The monoisotopic (exact) mass is 237 g/mol. The van der Waals surface area contributed by atoms with Gasteiger partial charge in [0, 0.05) is 11.6 Å². The molecule has 0 saturated heterocycles. The SMILES string of the molecule is CCc1cc(C2(N=C=O)CCC2)c(F)cc1F. The molecule has 4 heteroatoms. The van der Waals surface area contributed by atoms with Crippen molar-refractivity contribution >= 4 is 6.08 Å². The number of benzene rings is 1. The number of aryl methyl sites for hydroxylation is 1. The number of rotatable bonds is 3. The molecule has 0 heterocycles. The topological polar surface area (TPSA) is 29.4 Å². The maximum absolute atomic E-state index is 13.8. The van der Waals surface area contributed by atoms with E-state index < -0.39 is 17.2 Å². The van der Waals surface area contributed by atoms with E-state index in [2.05, 4.69) is 4.99 Å². The van der Waals surface area contributed by atoms with Gasteiger partial charge in [-0.1, -0.05) is 6.92 Å². The molecule has 90 valence electrons. The van der Waals surface area contributed by atoms with Crippen LogP contribution in [0.15, 0.2) is 17.1 Å². The minimum absolute atomic E-state index is 0.324. The third-order valence-corrected chi connectivity index (χ3v) is 3.46. The van der Waals surface area contributed by atoms with Crippen molar-refractivity contribution in [2.24, 2.45) is 4.99 Å². The van der Waals surface area contributed by atoms with Crippen LogP contribution in [0.2, 0.25) is 0 Å². The minimum atomic E-state index is -0.802. The van der Waals surface area contributed by atoms with E-state index in [-0.39, 0.29) is 0 Å². The molecule has 1 aromatic carbocycles. The number of nitrogens with zero attached hydrogens (tertiary/aromatic N) is 1. The average Bonchev–Trinajstić information content (AvgIpc) is 2.24. The van der Waals surface area contributed by atoms with Gasteiger partial charge in [-0.2, -0.15) is 4.99 Å². The molecule has 1 aromatic rings. The molecule has 0 radical (unpaired) electrons. The zero-order chi connectivity index (χ0) is 12.5. The molecular formula is C13H13F2NO. The van der Waals surface area contributed by atoms with Crippen molar-refractivity contribution in [1.29, 1.82) is 0 Å². The van der Waals surface area contributed by atoms with E-state index in [1.165, 1.54) is 12.1 Å². The predicted octanol–water partition coefficient (Wildman–Crippen LogP) is 3.24. The summed E-state index contributed by atoms with van der Waals surface area (Å²) < 4.78 is 27.2. The molecule has 0 aliphatic heterocycles. The summed E-state index contributed by atoms with van der Waals surface area (Å²) in [6.45, 7) is 1.80. The number of carbonyl (C=O) groups excluding carboxylic acids is 1. The smallest absolute Gasteiger partial charge is 0.211 e. The maximum atomic E-state index is 13.8. The van der Waals surface area contributed by atoms with E-state index in [0.29, 0.717) is 30.4 Å². The van der Waals surface area contributed by atoms with Crippen molar-refractivity contribution in [2.45, 2.75) is 38.1 Å². The fourth-order valence-electron chi connectivity index (χ4n) is 2.26. The highest BCUT2D eigenvalue weighted by atomic mass is 19.1. The summed E-state index contributed by atoms with van der Waals surface area (Å²) in [5.74, 6) is -1.17. The third kappa shape index (κ3) is 1.89. The highest BCUT2D eigenvalue weighted by molar-refractivity contribution is 5.41. The zero-order valence-corrected chi connectivity index (χ0v) is 9.59. The highest BCUT2D eigenvalue weighted by Crippen LogP contribution is 2.46. The normalized spacial score (nSPS) is 17.1. The van der Waals surface area contributed by atoms with Crippen molar-refractivity contribution in [1.82, 2.24) is 0 Å². The summed E-state index contributed by atoms with van der Waals surface area (Å²) >= 11 is 0. The van der Waals surface area contributed by atoms with Gasteiger partial charge in [-0.25, -0.2) is 13.6 Å². The first kappa shape index (κ1) is 11.9. The first-order valence-corrected chi connectivity index (χ1v) is 5.70. The molecule has 0 N–H and O–H groups in total. The maximum Gasteiger partial charge on any atom is 0.235 e. The predicted molar refractivity (Wildman–Crippen MR) is 59.4 cm³/mol. The Balaban J connectivity index is 2.54. The molecule has 1 fully saturated rings. The fraction of sp³-hybridized carbons (Fsp3) is 0.462. The van der Waals surface area contributed by atoms with Crippen LogP contribution < -0.4 is 0 Å². The summed E-state index contributed by atoms with van der Waals surface area (Å²) in [6.07, 6.45) is 4.12. The Morgan fingerprint density at radius 1 is 1.35 bits per heavy atom. The standard InChI is InChI=1S/C13H13F2NO/c1-2-9-6-10(12(15)7-11(9)14)13(16-8-17)4-3-5-13/h6-7H,2-5H2,1H3. The number of isocyanates is 1. The molecular weight excluding hydrogens is 224 g/mol. The van der Waals surface area contributed by atoms with Crippen LogP contribution in [0.4, 0.5) is 8.78 Å². The van der Waals surface area contributed by atoms with Gasteiger partial charge in [0.05, 0.1) is 0 Å². The van der Waals surface area contributed by atoms with Gasteiger partial charge in [0.2, 0.25) is 6.08 Å². The van der Waals surface area contributed by atoms with Crippen LogP contribution >= 0.6 is 0 Å². The van der Waals surface area contributed by atoms with E-state index >= 15 is 0 Å². The van der Waals surface area contributed by atoms with Gasteiger partial charge in [-0.05, 0) is 37.3 Å². The highest BCUT2D eigenvalue weighted by Gasteiger charge is 2.41. The Labute approximate surface area is 98.4 Å². The quantitative estimate of drug-likeness (QED) is 0.586.